The summed E-state index contributed by atoms with van der Waals surface area (Å²) in [4.78, 5) is 26.3. The van der Waals surface area contributed by atoms with Crippen LogP contribution in [0.1, 0.15) is 39.5 Å². The van der Waals surface area contributed by atoms with Gasteiger partial charge in [0.1, 0.15) is 11.7 Å². The fourth-order valence-electron chi connectivity index (χ4n) is 4.44. The molecular weight excluding hydrogens is 356 g/mol. The highest BCUT2D eigenvalue weighted by atomic mass is 16.2. The van der Waals surface area contributed by atoms with Crippen LogP contribution < -0.4 is 10.6 Å². The molecule has 28 heavy (non-hydrogen) atoms. The summed E-state index contributed by atoms with van der Waals surface area (Å²) in [5.41, 5.74) is 1.25. The highest BCUT2D eigenvalue weighted by Gasteiger charge is 2.48. The molecule has 2 aliphatic carbocycles. The standard InChI is InChI=1S/C20H30N6O2/c1-12(2)26-16(8-9-25(26)3)19(27)24-18(17(13-4-5-13)14-6-7-14)20(28)23-15-10-21-22-11-15/h8,10-14,17-18H,4-7,9H2,1-3H3,(H,21,22)(H,23,28)(H,24,27)/t18-/m0/s1. The smallest absolute Gasteiger partial charge is 0.269 e. The van der Waals surface area contributed by atoms with E-state index in [0.29, 0.717) is 29.8 Å². The molecule has 2 heterocycles. The monoisotopic (exact) mass is 386 g/mol. The number of hydrogen-bond acceptors (Lipinski definition) is 5. The summed E-state index contributed by atoms with van der Waals surface area (Å²) >= 11 is 0. The van der Waals surface area contributed by atoms with Crippen LogP contribution in [-0.2, 0) is 9.59 Å². The third-order valence-corrected chi connectivity index (χ3v) is 5.94. The Bertz CT molecular complexity index is 739. The first kappa shape index (κ1) is 19.0. The maximum Gasteiger partial charge on any atom is 0.269 e. The van der Waals surface area contributed by atoms with E-state index in [1.807, 2.05) is 23.1 Å². The molecular formula is C20H30N6O2. The van der Waals surface area contributed by atoms with E-state index in [1.165, 1.54) is 0 Å². The average Bonchev–Trinajstić information content (AvgIpc) is 3.57. The second kappa shape index (κ2) is 7.58. The van der Waals surface area contributed by atoms with Gasteiger partial charge in [-0.05, 0) is 63.4 Å². The van der Waals surface area contributed by atoms with E-state index in [1.54, 1.807) is 12.4 Å². The van der Waals surface area contributed by atoms with Crippen LogP contribution in [-0.4, -0.2) is 57.7 Å². The Morgan fingerprint density at radius 3 is 2.43 bits per heavy atom. The van der Waals surface area contributed by atoms with Gasteiger partial charge in [0.2, 0.25) is 5.91 Å². The lowest BCUT2D eigenvalue weighted by Gasteiger charge is -2.34. The highest BCUT2D eigenvalue weighted by molar-refractivity contribution is 6.01. The number of carbonyl (C=O) groups excluding carboxylic acids is 2. The van der Waals surface area contributed by atoms with Crippen LogP contribution in [0.5, 0.6) is 0 Å². The Labute approximate surface area is 165 Å². The minimum atomic E-state index is -0.525. The minimum absolute atomic E-state index is 0.151. The van der Waals surface area contributed by atoms with E-state index in [2.05, 4.69) is 34.7 Å². The van der Waals surface area contributed by atoms with E-state index in [4.69, 9.17) is 0 Å². The van der Waals surface area contributed by atoms with Crippen molar-refractivity contribution in [3.05, 3.63) is 24.2 Å². The third kappa shape index (κ3) is 3.92. The van der Waals surface area contributed by atoms with Crippen molar-refractivity contribution >= 4 is 17.5 Å². The normalized spacial score (nSPS) is 21.2. The molecule has 2 amide bonds. The predicted molar refractivity (Wildman–Crippen MR) is 106 cm³/mol. The summed E-state index contributed by atoms with van der Waals surface area (Å²) in [7, 11) is 1.97. The van der Waals surface area contributed by atoms with Crippen LogP contribution in [0.3, 0.4) is 0 Å². The summed E-state index contributed by atoms with van der Waals surface area (Å²) in [6, 6.07) is -0.353. The number of H-pyrrole nitrogens is 1. The van der Waals surface area contributed by atoms with Crippen LogP contribution in [0.4, 0.5) is 5.69 Å². The molecule has 3 aliphatic rings. The summed E-state index contributed by atoms with van der Waals surface area (Å²) in [5, 5.41) is 16.6. The molecule has 2 saturated carbocycles. The second-order valence-electron chi connectivity index (χ2n) is 8.55. The van der Waals surface area contributed by atoms with E-state index in [9.17, 15) is 9.59 Å². The zero-order valence-corrected chi connectivity index (χ0v) is 16.8. The Morgan fingerprint density at radius 1 is 1.21 bits per heavy atom. The number of hydrogen-bond donors (Lipinski definition) is 3. The molecule has 8 heteroatoms. The second-order valence-corrected chi connectivity index (χ2v) is 8.55. The van der Waals surface area contributed by atoms with Crippen molar-refractivity contribution in [1.29, 1.82) is 0 Å². The lowest BCUT2D eigenvalue weighted by Crippen LogP contribution is -2.52. The van der Waals surface area contributed by atoms with Gasteiger partial charge in [-0.3, -0.25) is 19.7 Å². The molecule has 0 unspecified atom stereocenters. The third-order valence-electron chi connectivity index (χ3n) is 5.94. The number of aromatic amines is 1. The Kier molecular flexibility index (Phi) is 5.14. The Morgan fingerprint density at radius 2 is 1.89 bits per heavy atom. The van der Waals surface area contributed by atoms with E-state index in [0.717, 1.165) is 25.7 Å². The highest BCUT2D eigenvalue weighted by Crippen LogP contribution is 2.50. The first-order valence-electron chi connectivity index (χ1n) is 10.3. The predicted octanol–water partition coefficient (Wildman–Crippen LogP) is 1.72. The van der Waals surface area contributed by atoms with Crippen molar-refractivity contribution in [1.82, 2.24) is 25.5 Å². The van der Waals surface area contributed by atoms with Crippen molar-refractivity contribution in [2.75, 3.05) is 18.9 Å². The van der Waals surface area contributed by atoms with Gasteiger partial charge in [0.05, 0.1) is 11.9 Å². The lowest BCUT2D eigenvalue weighted by atomic mass is 9.88. The molecule has 152 valence electrons. The van der Waals surface area contributed by atoms with E-state index >= 15 is 0 Å². The molecule has 0 aromatic carbocycles. The molecule has 1 aromatic heterocycles. The molecule has 3 N–H and O–H groups in total. The molecule has 0 radical (unpaired) electrons. The van der Waals surface area contributed by atoms with Crippen LogP contribution >= 0.6 is 0 Å². The first-order chi connectivity index (χ1) is 13.5. The number of amides is 2. The van der Waals surface area contributed by atoms with Gasteiger partial charge in [-0.15, -0.1) is 0 Å². The maximum atomic E-state index is 13.2. The van der Waals surface area contributed by atoms with Crippen LogP contribution in [0.15, 0.2) is 24.2 Å². The molecule has 1 aliphatic heterocycles. The fraction of sp³-hybridized carbons (Fsp3) is 0.650. The van der Waals surface area contributed by atoms with Crippen molar-refractivity contribution in [3.8, 4) is 0 Å². The van der Waals surface area contributed by atoms with Crippen LogP contribution in [0.2, 0.25) is 0 Å². The fourth-order valence-corrected chi connectivity index (χ4v) is 4.44. The quantitative estimate of drug-likeness (QED) is 0.633. The van der Waals surface area contributed by atoms with Gasteiger partial charge in [0.25, 0.3) is 5.91 Å². The number of nitrogens with one attached hydrogen (secondary N) is 3. The van der Waals surface area contributed by atoms with Gasteiger partial charge >= 0.3 is 0 Å². The molecule has 1 atom stereocenters. The maximum absolute atomic E-state index is 13.2. The number of nitrogens with zero attached hydrogens (tertiary/aromatic N) is 3. The topological polar surface area (TPSA) is 93.4 Å². The largest absolute Gasteiger partial charge is 0.339 e. The van der Waals surface area contributed by atoms with Gasteiger partial charge in [-0.2, -0.15) is 5.10 Å². The molecule has 0 saturated heterocycles. The average molecular weight is 387 g/mol. The van der Waals surface area contributed by atoms with Crippen molar-refractivity contribution in [2.24, 2.45) is 17.8 Å². The minimum Gasteiger partial charge on any atom is -0.339 e. The summed E-state index contributed by atoms with van der Waals surface area (Å²) in [5.74, 6) is 0.963. The number of anilines is 1. The Balaban J connectivity index is 1.53. The van der Waals surface area contributed by atoms with Crippen LogP contribution in [0, 0.1) is 17.8 Å². The van der Waals surface area contributed by atoms with Gasteiger partial charge in [-0.25, -0.2) is 5.01 Å². The zero-order chi connectivity index (χ0) is 19.8. The summed E-state index contributed by atoms with van der Waals surface area (Å²) < 4.78 is 0. The first-order valence-corrected chi connectivity index (χ1v) is 10.3. The lowest BCUT2D eigenvalue weighted by molar-refractivity contribution is -0.128. The Hall–Kier alpha value is -2.35. The number of aromatic nitrogens is 2. The zero-order valence-electron chi connectivity index (χ0n) is 16.8. The molecule has 0 spiro atoms. The van der Waals surface area contributed by atoms with Gasteiger partial charge < -0.3 is 10.6 Å². The van der Waals surface area contributed by atoms with E-state index in [-0.39, 0.29) is 23.8 Å². The van der Waals surface area contributed by atoms with E-state index < -0.39 is 6.04 Å². The summed E-state index contributed by atoms with van der Waals surface area (Å²) in [6.45, 7) is 4.81. The van der Waals surface area contributed by atoms with Crippen molar-refractivity contribution in [2.45, 2.75) is 51.6 Å². The SMILES string of the molecule is CC(C)N1C(C(=O)N[C@H](C(=O)Nc2cn[nH]c2)C(C2CC2)C2CC2)=CCN1C. The van der Waals surface area contributed by atoms with Crippen molar-refractivity contribution < 1.29 is 9.59 Å². The number of hydrazine groups is 1. The van der Waals surface area contributed by atoms with Crippen molar-refractivity contribution in [3.63, 3.8) is 0 Å². The molecule has 1 aromatic rings. The van der Waals surface area contributed by atoms with Gasteiger partial charge in [0, 0.05) is 25.8 Å². The number of carbonyl (C=O) groups is 2. The summed E-state index contributed by atoms with van der Waals surface area (Å²) in [6.07, 6.45) is 9.76. The van der Waals surface area contributed by atoms with Gasteiger partial charge in [0.15, 0.2) is 0 Å². The van der Waals surface area contributed by atoms with Gasteiger partial charge in [-0.1, -0.05) is 0 Å². The molecule has 2 fully saturated rings. The number of rotatable bonds is 8. The molecule has 4 rings (SSSR count). The molecule has 0 bridgehead atoms. The van der Waals surface area contributed by atoms with Crippen LogP contribution in [0.25, 0.3) is 0 Å². The molecule has 8 nitrogen and oxygen atoms in total. The number of likely N-dealkylation sites (N-methyl/N-ethyl adjacent to an activating group) is 1.